The van der Waals surface area contributed by atoms with Gasteiger partial charge in [0.1, 0.15) is 0 Å². The van der Waals surface area contributed by atoms with E-state index in [2.05, 4.69) is 72.4 Å². The zero-order valence-electron chi connectivity index (χ0n) is 21.7. The number of carboxylic acid groups (broad SMARTS) is 1. The average molecular weight is 665 g/mol. The molecule has 0 saturated carbocycles. The van der Waals surface area contributed by atoms with Crippen LogP contribution in [0, 0.1) is 6.92 Å². The van der Waals surface area contributed by atoms with Crippen molar-refractivity contribution in [3.8, 4) is 60.4 Å². The van der Waals surface area contributed by atoms with E-state index in [-0.39, 0.29) is 12.6 Å². The maximum absolute atomic E-state index is 11.7. The number of H-pyrrole nitrogens is 2. The highest BCUT2D eigenvalue weighted by atomic mass is 32.1. The van der Waals surface area contributed by atoms with Crippen molar-refractivity contribution in [1.82, 2.24) is 41.2 Å². The van der Waals surface area contributed by atoms with Gasteiger partial charge in [0.05, 0.1) is 16.2 Å². The summed E-state index contributed by atoms with van der Waals surface area (Å²) >= 11 is 8.24. The summed E-state index contributed by atoms with van der Waals surface area (Å²) in [4.78, 5) is 38.6. The molecule has 0 fully saturated rings. The third kappa shape index (κ3) is 6.03. The highest BCUT2D eigenvalue weighted by Crippen LogP contribution is 2.48. The SMILES string of the molecule is Cc1cc(-c2ccc(-c3nn[nH]n3)s2)sc1-c1ccc(-c2sc(-c3ccc(-c4nn[nH]n4)s3)cc2CC(=O)O)s1.O=C=O. The Balaban J connectivity index is 0.00000105. The van der Waals surface area contributed by atoms with Crippen LogP contribution in [0.2, 0.25) is 0 Å². The van der Waals surface area contributed by atoms with Crippen LogP contribution in [0.25, 0.3) is 60.4 Å². The van der Waals surface area contributed by atoms with Crippen molar-refractivity contribution < 1.29 is 19.5 Å². The van der Waals surface area contributed by atoms with E-state index in [1.165, 1.54) is 15.3 Å². The summed E-state index contributed by atoms with van der Waals surface area (Å²) in [7, 11) is 0. The van der Waals surface area contributed by atoms with Gasteiger partial charge >= 0.3 is 12.1 Å². The normalized spacial score (nSPS) is 10.8. The van der Waals surface area contributed by atoms with E-state index in [0.29, 0.717) is 11.6 Å². The number of thiophene rings is 5. The molecule has 43 heavy (non-hydrogen) atoms. The van der Waals surface area contributed by atoms with Gasteiger partial charge < -0.3 is 5.11 Å². The number of hydrogen-bond acceptors (Lipinski definition) is 14. The van der Waals surface area contributed by atoms with Gasteiger partial charge in [-0.3, -0.25) is 4.79 Å². The van der Waals surface area contributed by atoms with Crippen LogP contribution in [0.15, 0.2) is 48.5 Å². The first-order valence-electron chi connectivity index (χ1n) is 12.2. The Bertz CT molecular complexity index is 2040. The lowest BCUT2D eigenvalue weighted by Gasteiger charge is -1.98. The van der Waals surface area contributed by atoms with Gasteiger partial charge in [-0.05, 0) is 77.0 Å². The summed E-state index contributed by atoms with van der Waals surface area (Å²) in [6.45, 7) is 2.12. The minimum Gasteiger partial charge on any atom is -0.481 e. The lowest BCUT2D eigenvalue weighted by molar-refractivity contribution is -0.191. The van der Waals surface area contributed by atoms with Crippen molar-refractivity contribution in [3.05, 3.63) is 59.7 Å². The molecule has 0 aromatic carbocycles. The lowest BCUT2D eigenvalue weighted by Crippen LogP contribution is -1.99. The number of carboxylic acids is 1. The molecule has 7 rings (SSSR count). The Hall–Kier alpha value is -4.51. The summed E-state index contributed by atoms with van der Waals surface area (Å²) in [5, 5.41) is 38.2. The van der Waals surface area contributed by atoms with Crippen molar-refractivity contribution in [2.45, 2.75) is 13.3 Å². The van der Waals surface area contributed by atoms with Gasteiger partial charge in [-0.1, -0.05) is 0 Å². The van der Waals surface area contributed by atoms with Crippen LogP contribution in [-0.2, 0) is 20.8 Å². The van der Waals surface area contributed by atoms with Crippen molar-refractivity contribution in [2.75, 3.05) is 0 Å². The number of tetrazole rings is 2. The highest BCUT2D eigenvalue weighted by molar-refractivity contribution is 7.30. The molecular formula is C26H16N8O4S5. The fourth-order valence-electron chi connectivity index (χ4n) is 4.20. The predicted molar refractivity (Wildman–Crippen MR) is 165 cm³/mol. The minimum absolute atomic E-state index is 0.0363. The van der Waals surface area contributed by atoms with Gasteiger partial charge in [-0.25, -0.2) is 0 Å². The third-order valence-corrected chi connectivity index (χ3v) is 12.4. The smallest absolute Gasteiger partial charge is 0.373 e. The van der Waals surface area contributed by atoms with Crippen LogP contribution in [0.3, 0.4) is 0 Å². The van der Waals surface area contributed by atoms with Crippen molar-refractivity contribution in [3.63, 3.8) is 0 Å². The van der Waals surface area contributed by atoms with Crippen LogP contribution in [0.5, 0.6) is 0 Å². The summed E-state index contributed by atoms with van der Waals surface area (Å²) in [6.07, 6.45) is 0.214. The second kappa shape index (κ2) is 12.4. The van der Waals surface area contributed by atoms with Gasteiger partial charge in [-0.15, -0.1) is 77.1 Å². The Morgan fingerprint density at radius 3 is 1.70 bits per heavy atom. The zero-order chi connectivity index (χ0) is 29.9. The first-order chi connectivity index (χ1) is 20.9. The molecule has 0 aliphatic heterocycles. The second-order valence-corrected chi connectivity index (χ2v) is 14.1. The third-order valence-electron chi connectivity index (χ3n) is 5.95. The van der Waals surface area contributed by atoms with Crippen LogP contribution in [0.1, 0.15) is 11.1 Å². The number of aromatic amines is 2. The van der Waals surface area contributed by atoms with E-state index in [0.717, 1.165) is 44.6 Å². The molecule has 3 N–H and O–H groups in total. The monoisotopic (exact) mass is 664 g/mol. The minimum atomic E-state index is -0.851. The maximum atomic E-state index is 11.7. The molecule has 214 valence electrons. The Morgan fingerprint density at radius 2 is 1.16 bits per heavy atom. The number of carbonyl (C=O) groups excluding carboxylic acids is 2. The van der Waals surface area contributed by atoms with E-state index in [1.807, 2.05) is 24.3 Å². The van der Waals surface area contributed by atoms with Crippen molar-refractivity contribution in [1.29, 1.82) is 0 Å². The molecule has 7 aromatic rings. The molecule has 0 aliphatic carbocycles. The largest absolute Gasteiger partial charge is 0.481 e. The second-order valence-electron chi connectivity index (χ2n) is 8.70. The summed E-state index contributed by atoms with van der Waals surface area (Å²) in [5.41, 5.74) is 2.01. The van der Waals surface area contributed by atoms with Gasteiger partial charge in [0.25, 0.3) is 0 Å². The molecule has 7 aromatic heterocycles. The first kappa shape index (κ1) is 28.6. The molecule has 0 bridgehead atoms. The van der Waals surface area contributed by atoms with E-state index in [9.17, 15) is 9.90 Å². The standard InChI is InChI=1S/C25H16N8O2S5.CO2/c1-11-8-19(13-2-6-17(36-13)24-26-30-31-27-24)39-22(11)15-4-5-16(38-15)23-12(10-21(34)35)9-20(40-23)14-3-7-18(37-14)25-28-32-33-29-25;2-1-3/h2-9H,10H2,1H3,(H,34,35)(H,26,27,30,31)(H,28,29,32,33);. The van der Waals surface area contributed by atoms with E-state index < -0.39 is 5.97 Å². The van der Waals surface area contributed by atoms with Crippen LogP contribution >= 0.6 is 56.7 Å². The topological polar surface area (TPSA) is 180 Å². The quantitative estimate of drug-likeness (QED) is 0.165. The lowest BCUT2D eigenvalue weighted by atomic mass is 10.1. The predicted octanol–water partition coefficient (Wildman–Crippen LogP) is 6.37. The van der Waals surface area contributed by atoms with E-state index >= 15 is 0 Å². The van der Waals surface area contributed by atoms with Crippen LogP contribution < -0.4 is 0 Å². The number of carbonyl (C=O) groups is 1. The molecule has 0 spiro atoms. The summed E-state index contributed by atoms with van der Waals surface area (Å²) in [6, 6.07) is 16.5. The number of nitrogens with zero attached hydrogens (tertiary/aromatic N) is 6. The number of aromatic nitrogens is 8. The number of rotatable bonds is 8. The average Bonchev–Trinajstić information content (AvgIpc) is 3.83. The van der Waals surface area contributed by atoms with E-state index in [4.69, 9.17) is 9.59 Å². The molecule has 0 aliphatic rings. The fraction of sp³-hybridized carbons (Fsp3) is 0.0769. The van der Waals surface area contributed by atoms with Crippen molar-refractivity contribution in [2.24, 2.45) is 0 Å². The van der Waals surface area contributed by atoms with Crippen LogP contribution in [0.4, 0.5) is 0 Å². The van der Waals surface area contributed by atoms with E-state index in [1.54, 1.807) is 56.7 Å². The molecule has 0 radical (unpaired) electrons. The molecule has 0 amide bonds. The Morgan fingerprint density at radius 1 is 0.698 bits per heavy atom. The molecular weight excluding hydrogens is 649 g/mol. The zero-order valence-corrected chi connectivity index (χ0v) is 25.8. The summed E-state index contributed by atoms with van der Waals surface area (Å²) < 4.78 is 0. The maximum Gasteiger partial charge on any atom is 0.373 e. The van der Waals surface area contributed by atoms with Crippen LogP contribution in [-0.4, -0.2) is 58.5 Å². The molecule has 7 heterocycles. The number of aliphatic carboxylic acids is 1. The molecule has 0 atom stereocenters. The van der Waals surface area contributed by atoms with Gasteiger partial charge in [-0.2, -0.15) is 20.0 Å². The molecule has 0 saturated heterocycles. The first-order valence-corrected chi connectivity index (χ1v) is 16.2. The Kier molecular flexibility index (Phi) is 8.24. The Labute approximate surface area is 261 Å². The molecule has 17 heteroatoms. The van der Waals surface area contributed by atoms with Gasteiger partial charge in [0.15, 0.2) is 0 Å². The highest BCUT2D eigenvalue weighted by Gasteiger charge is 2.20. The molecule has 12 nitrogen and oxygen atoms in total. The number of nitrogens with one attached hydrogen (secondary N) is 2. The molecule has 0 unspecified atom stereocenters. The summed E-state index contributed by atoms with van der Waals surface area (Å²) in [5.74, 6) is 0.283. The number of aryl methyl sites for hydroxylation is 1. The fourth-order valence-corrected chi connectivity index (χ4v) is 9.91. The number of hydrogen-bond donors (Lipinski definition) is 3. The van der Waals surface area contributed by atoms with Crippen molar-refractivity contribution >= 4 is 68.8 Å². The van der Waals surface area contributed by atoms with Gasteiger partial charge in [0, 0.05) is 39.0 Å². The van der Waals surface area contributed by atoms with Gasteiger partial charge in [0.2, 0.25) is 11.6 Å².